The van der Waals surface area contributed by atoms with E-state index in [1.165, 1.54) is 44.5 Å². The molecule has 3 aromatic carbocycles. The molecule has 1 saturated heterocycles. The van der Waals surface area contributed by atoms with Gasteiger partial charge < -0.3 is 24.8 Å². The van der Waals surface area contributed by atoms with E-state index in [1.54, 1.807) is 31.4 Å². The molecule has 1 heterocycles. The highest BCUT2D eigenvalue weighted by Crippen LogP contribution is 2.16. The van der Waals surface area contributed by atoms with Crippen LogP contribution in [0.15, 0.2) is 78.9 Å². The molecule has 1 fully saturated rings. The van der Waals surface area contributed by atoms with Crippen LogP contribution < -0.4 is 19.9 Å². The lowest BCUT2D eigenvalue weighted by Crippen LogP contribution is -2.20. The first-order chi connectivity index (χ1) is 20.0. The van der Waals surface area contributed by atoms with Crippen LogP contribution in [-0.4, -0.2) is 56.5 Å². The first kappa shape index (κ1) is 31.7. The fraction of sp³-hybridized carbons (Fsp3) is 0.412. The second kappa shape index (κ2) is 18.5. The molecule has 4 rings (SSSR count). The Morgan fingerprint density at radius 2 is 1.32 bits per heavy atom. The topological polar surface area (TPSA) is 91.1 Å². The number of likely N-dealkylation sites (tertiary alicyclic amines) is 1. The zero-order valence-electron chi connectivity index (χ0n) is 24.3. The summed E-state index contributed by atoms with van der Waals surface area (Å²) in [5.74, 6) is 2.29. The van der Waals surface area contributed by atoms with E-state index in [1.807, 2.05) is 30.3 Å². The van der Waals surface area contributed by atoms with Gasteiger partial charge in [-0.3, -0.25) is 9.59 Å². The summed E-state index contributed by atoms with van der Waals surface area (Å²) in [4.78, 5) is 24.8. The van der Waals surface area contributed by atoms with Crippen LogP contribution in [0.4, 0.5) is 0 Å². The second-order valence-corrected chi connectivity index (χ2v) is 10.1. The van der Waals surface area contributed by atoms with Crippen molar-refractivity contribution >= 4 is 11.7 Å². The maximum absolute atomic E-state index is 11.7. The van der Waals surface area contributed by atoms with Crippen LogP contribution in [0.5, 0.6) is 17.2 Å². The van der Waals surface area contributed by atoms with Gasteiger partial charge in [0.05, 0.1) is 7.11 Å². The van der Waals surface area contributed by atoms with Crippen LogP contribution in [-0.2, 0) is 11.2 Å². The quantitative estimate of drug-likeness (QED) is 0.168. The van der Waals surface area contributed by atoms with Crippen LogP contribution in [0.25, 0.3) is 0 Å². The van der Waals surface area contributed by atoms with Crippen molar-refractivity contribution < 1.29 is 23.8 Å². The number of ketones is 1. The van der Waals surface area contributed by atoms with Crippen molar-refractivity contribution in [2.24, 2.45) is 5.73 Å². The number of hydrogen-bond acceptors (Lipinski definition) is 6. The summed E-state index contributed by atoms with van der Waals surface area (Å²) in [5, 5.41) is 0. The molecule has 1 amide bonds. The smallest absolute Gasteiger partial charge is 0.217 e. The van der Waals surface area contributed by atoms with Gasteiger partial charge in [0.25, 0.3) is 0 Å². The molecule has 41 heavy (non-hydrogen) atoms. The third kappa shape index (κ3) is 12.9. The molecule has 220 valence electrons. The molecule has 3 aromatic rings. The number of unbranched alkanes of at least 4 members (excludes halogenated alkanes) is 1. The summed E-state index contributed by atoms with van der Waals surface area (Å²) in [6, 6.07) is 25.3. The van der Waals surface area contributed by atoms with Crippen molar-refractivity contribution in [3.63, 3.8) is 0 Å². The Morgan fingerprint density at radius 3 is 1.93 bits per heavy atom. The Bertz CT molecular complexity index is 1140. The zero-order chi connectivity index (χ0) is 29.1. The number of benzene rings is 3. The molecule has 0 unspecified atom stereocenters. The van der Waals surface area contributed by atoms with Gasteiger partial charge in [0.15, 0.2) is 5.78 Å². The van der Waals surface area contributed by atoms with E-state index < -0.39 is 0 Å². The molecule has 1 aliphatic rings. The van der Waals surface area contributed by atoms with Gasteiger partial charge in [-0.15, -0.1) is 0 Å². The van der Waals surface area contributed by atoms with E-state index >= 15 is 0 Å². The summed E-state index contributed by atoms with van der Waals surface area (Å²) in [7, 11) is 1.58. The number of para-hydroxylation sites is 1. The van der Waals surface area contributed by atoms with Crippen molar-refractivity contribution in [3.05, 3.63) is 90.0 Å². The number of ether oxygens (including phenoxy) is 3. The zero-order valence-corrected chi connectivity index (χ0v) is 24.3. The molecular formula is C34H44N2O5. The van der Waals surface area contributed by atoms with Gasteiger partial charge in [-0.2, -0.15) is 0 Å². The van der Waals surface area contributed by atoms with Gasteiger partial charge in [0.1, 0.15) is 30.5 Å². The summed E-state index contributed by atoms with van der Waals surface area (Å²) >= 11 is 0. The van der Waals surface area contributed by atoms with Crippen molar-refractivity contribution in [1.82, 2.24) is 4.90 Å². The molecule has 0 atom stereocenters. The Balaban J connectivity index is 0.000000241. The fourth-order valence-corrected chi connectivity index (χ4v) is 4.61. The van der Waals surface area contributed by atoms with Crippen molar-refractivity contribution in [2.45, 2.75) is 51.4 Å². The van der Waals surface area contributed by atoms with E-state index in [0.29, 0.717) is 44.5 Å². The Morgan fingerprint density at radius 1 is 0.732 bits per heavy atom. The number of hydrogen-bond donors (Lipinski definition) is 1. The molecule has 0 radical (unpaired) electrons. The molecule has 0 bridgehead atoms. The number of rotatable bonds is 16. The normalized spacial score (nSPS) is 12.7. The van der Waals surface area contributed by atoms with E-state index in [4.69, 9.17) is 19.9 Å². The first-order valence-electron chi connectivity index (χ1n) is 14.6. The number of primary amides is 1. The first-order valence-corrected chi connectivity index (χ1v) is 14.6. The third-order valence-corrected chi connectivity index (χ3v) is 6.91. The summed E-state index contributed by atoms with van der Waals surface area (Å²) in [5.41, 5.74) is 7.08. The highest BCUT2D eigenvalue weighted by molar-refractivity contribution is 5.96. The Labute approximate surface area is 244 Å². The minimum Gasteiger partial charge on any atom is -0.497 e. The lowest BCUT2D eigenvalue weighted by atomic mass is 10.0. The monoisotopic (exact) mass is 560 g/mol. The van der Waals surface area contributed by atoms with Gasteiger partial charge in [-0.05, 0) is 112 Å². The second-order valence-electron chi connectivity index (χ2n) is 10.1. The van der Waals surface area contributed by atoms with Gasteiger partial charge in [0, 0.05) is 18.4 Å². The van der Waals surface area contributed by atoms with E-state index in [0.717, 1.165) is 23.7 Å². The van der Waals surface area contributed by atoms with Crippen LogP contribution >= 0.6 is 0 Å². The summed E-state index contributed by atoms with van der Waals surface area (Å²) in [6.07, 6.45) is 7.28. The molecule has 0 saturated carbocycles. The number of carbonyl (C=O) groups is 2. The number of amides is 1. The molecule has 2 N–H and O–H groups in total. The fourth-order valence-electron chi connectivity index (χ4n) is 4.61. The lowest BCUT2D eigenvalue weighted by Gasteiger charge is -2.14. The molecule has 7 heteroatoms. The standard InChI is InChI=1S/C21H27NO2.C13H17NO3/c1-2-8-20(9-3-1)23-17-18-24-21-12-10-19(11-13-21)7-6-16-22-14-4-5-15-22;1-17-11-8-6-10(7-9-11)12(15)4-2-3-5-13(14)16/h1-3,8-13H,4-7,14-18H2;6-9H,2-5H2,1H3,(H2,14,16). The highest BCUT2D eigenvalue weighted by atomic mass is 16.5. The predicted molar refractivity (Wildman–Crippen MR) is 163 cm³/mol. The molecule has 1 aliphatic heterocycles. The van der Waals surface area contributed by atoms with E-state index in [-0.39, 0.29) is 11.7 Å². The highest BCUT2D eigenvalue weighted by Gasteiger charge is 2.10. The van der Waals surface area contributed by atoms with Crippen LogP contribution in [0, 0.1) is 0 Å². The van der Waals surface area contributed by atoms with E-state index in [9.17, 15) is 9.59 Å². The molecule has 0 aliphatic carbocycles. The van der Waals surface area contributed by atoms with Crippen molar-refractivity contribution in [2.75, 3.05) is 40.0 Å². The van der Waals surface area contributed by atoms with Crippen molar-refractivity contribution in [1.29, 1.82) is 0 Å². The minimum absolute atomic E-state index is 0.0807. The van der Waals surface area contributed by atoms with Gasteiger partial charge in [0.2, 0.25) is 5.91 Å². The largest absolute Gasteiger partial charge is 0.497 e. The van der Waals surface area contributed by atoms with Gasteiger partial charge in [-0.1, -0.05) is 30.3 Å². The van der Waals surface area contributed by atoms with Gasteiger partial charge >= 0.3 is 0 Å². The number of nitrogens with two attached hydrogens (primary N) is 1. The maximum atomic E-state index is 11.7. The number of nitrogens with zero attached hydrogens (tertiary/aromatic N) is 1. The molecule has 0 spiro atoms. The van der Waals surface area contributed by atoms with E-state index in [2.05, 4.69) is 29.2 Å². The van der Waals surface area contributed by atoms with Crippen LogP contribution in [0.2, 0.25) is 0 Å². The van der Waals surface area contributed by atoms with Crippen LogP contribution in [0.1, 0.15) is 60.9 Å². The average molecular weight is 561 g/mol. The third-order valence-electron chi connectivity index (χ3n) is 6.91. The van der Waals surface area contributed by atoms with Crippen molar-refractivity contribution in [3.8, 4) is 17.2 Å². The van der Waals surface area contributed by atoms with Gasteiger partial charge in [-0.25, -0.2) is 0 Å². The number of carbonyl (C=O) groups excluding carboxylic acids is 2. The van der Waals surface area contributed by atoms with Crippen LogP contribution in [0.3, 0.4) is 0 Å². The molecular weight excluding hydrogens is 516 g/mol. The molecule has 7 nitrogen and oxygen atoms in total. The number of aryl methyl sites for hydroxylation is 1. The molecule has 0 aromatic heterocycles. The number of Topliss-reactive ketones (excluding diaryl/α,β-unsaturated/α-hetero) is 1. The summed E-state index contributed by atoms with van der Waals surface area (Å²) in [6.45, 7) is 4.93. The predicted octanol–water partition coefficient (Wildman–Crippen LogP) is 6.10. The maximum Gasteiger partial charge on any atom is 0.217 e. The number of methoxy groups -OCH3 is 1. The summed E-state index contributed by atoms with van der Waals surface area (Å²) < 4.78 is 16.4. The SMILES string of the molecule is COc1ccc(C(=O)CCCCC(N)=O)cc1.c1ccc(OCCOc2ccc(CCCN3CCCC3)cc2)cc1. The lowest BCUT2D eigenvalue weighted by molar-refractivity contribution is -0.118. The minimum atomic E-state index is -0.318. The Hall–Kier alpha value is -3.84. The Kier molecular flexibility index (Phi) is 14.3. The average Bonchev–Trinajstić information content (AvgIpc) is 3.53.